The molecule has 0 aliphatic carbocycles. The van der Waals surface area contributed by atoms with Gasteiger partial charge in [-0.2, -0.15) is 0 Å². The van der Waals surface area contributed by atoms with E-state index in [1.54, 1.807) is 18.0 Å². The fraction of sp³-hybridized carbons (Fsp3) is 0.353. The summed E-state index contributed by atoms with van der Waals surface area (Å²) in [5.74, 6) is 1.22. The number of carbonyl (C=O) groups excluding carboxylic acids is 1. The molecule has 3 rings (SSSR count). The van der Waals surface area contributed by atoms with Crippen molar-refractivity contribution in [3.8, 4) is 0 Å². The van der Waals surface area contributed by atoms with Gasteiger partial charge in [0.15, 0.2) is 5.11 Å². The Bertz CT molecular complexity index is 732. The summed E-state index contributed by atoms with van der Waals surface area (Å²) in [5.41, 5.74) is 0.838. The Kier molecular flexibility index (Phi) is 4.80. The van der Waals surface area contributed by atoms with Crippen molar-refractivity contribution in [1.29, 1.82) is 0 Å². The summed E-state index contributed by atoms with van der Waals surface area (Å²) >= 11 is 5.44. The highest BCUT2D eigenvalue weighted by Gasteiger charge is 2.42. The molecule has 1 N–H and O–H groups in total. The van der Waals surface area contributed by atoms with Crippen molar-refractivity contribution in [2.45, 2.75) is 25.9 Å². The van der Waals surface area contributed by atoms with Gasteiger partial charge in [0.05, 0.1) is 18.3 Å². The molecule has 0 unspecified atom stereocenters. The number of thiocarbonyl (C=S) groups is 1. The molecule has 0 saturated carbocycles. The molecule has 0 amide bonds. The highest BCUT2D eigenvalue weighted by atomic mass is 32.1. The first-order valence-electron chi connectivity index (χ1n) is 7.80. The highest BCUT2D eigenvalue weighted by Crippen LogP contribution is 2.38. The first-order chi connectivity index (χ1) is 11.6. The maximum Gasteiger partial charge on any atom is 0.325 e. The molecule has 2 aromatic rings. The first-order valence-corrected chi connectivity index (χ1v) is 8.21. The summed E-state index contributed by atoms with van der Waals surface area (Å²) in [6.07, 6.45) is 1.73. The van der Waals surface area contributed by atoms with Crippen LogP contribution >= 0.6 is 12.2 Å². The highest BCUT2D eigenvalue weighted by molar-refractivity contribution is 7.80. The minimum Gasteiger partial charge on any atom is -0.465 e. The largest absolute Gasteiger partial charge is 0.465 e. The van der Waals surface area contributed by atoms with E-state index >= 15 is 0 Å². The zero-order chi connectivity index (χ0) is 17.1. The lowest BCUT2D eigenvalue weighted by Crippen LogP contribution is -2.35. The Morgan fingerprint density at radius 3 is 2.88 bits per heavy atom. The van der Waals surface area contributed by atoms with E-state index in [0.717, 1.165) is 17.2 Å². The molecular formula is C17H19N3O3S. The summed E-state index contributed by atoms with van der Waals surface area (Å²) in [4.78, 5) is 18.2. The standard InChI is InChI=1S/C17H19N3O3S/c1-3-22-14(21)10-20-16(13-8-7-11(2)23-13)15(19-17(20)24)12-6-4-5-9-18-12/h4-9,15-16H,3,10H2,1-2H3,(H,19,24)/t15-,16+/m1/s1. The summed E-state index contributed by atoms with van der Waals surface area (Å²) < 4.78 is 10.9. The summed E-state index contributed by atoms with van der Waals surface area (Å²) in [6, 6.07) is 9.06. The van der Waals surface area contributed by atoms with Crippen LogP contribution < -0.4 is 5.32 Å². The van der Waals surface area contributed by atoms with E-state index in [9.17, 15) is 4.79 Å². The number of aryl methyl sites for hydroxylation is 1. The smallest absolute Gasteiger partial charge is 0.325 e. The zero-order valence-corrected chi connectivity index (χ0v) is 14.4. The second kappa shape index (κ2) is 7.00. The van der Waals surface area contributed by atoms with Crippen LogP contribution in [0.5, 0.6) is 0 Å². The van der Waals surface area contributed by atoms with Crippen molar-refractivity contribution < 1.29 is 13.9 Å². The molecule has 2 aromatic heterocycles. The molecule has 2 atom stereocenters. The van der Waals surface area contributed by atoms with Crippen LogP contribution in [0.15, 0.2) is 40.9 Å². The lowest BCUT2D eigenvalue weighted by molar-refractivity contribution is -0.143. The van der Waals surface area contributed by atoms with Crippen molar-refractivity contribution in [2.24, 2.45) is 0 Å². The Balaban J connectivity index is 1.95. The van der Waals surface area contributed by atoms with Crippen LogP contribution in [-0.4, -0.2) is 34.1 Å². The second-order valence-corrected chi connectivity index (χ2v) is 5.89. The molecular weight excluding hydrogens is 326 g/mol. The fourth-order valence-electron chi connectivity index (χ4n) is 2.84. The van der Waals surface area contributed by atoms with Crippen molar-refractivity contribution in [3.05, 3.63) is 53.7 Å². The van der Waals surface area contributed by atoms with Gasteiger partial charge in [0.2, 0.25) is 0 Å². The number of esters is 1. The predicted molar refractivity (Wildman–Crippen MR) is 92.2 cm³/mol. The third-order valence-electron chi connectivity index (χ3n) is 3.86. The second-order valence-electron chi connectivity index (χ2n) is 5.51. The van der Waals surface area contributed by atoms with E-state index < -0.39 is 0 Å². The summed E-state index contributed by atoms with van der Waals surface area (Å²) in [6.45, 7) is 4.06. The van der Waals surface area contributed by atoms with Gasteiger partial charge in [-0.1, -0.05) is 6.07 Å². The average molecular weight is 345 g/mol. The number of furan rings is 1. The topological polar surface area (TPSA) is 67.6 Å². The number of hydrogen-bond acceptors (Lipinski definition) is 5. The van der Waals surface area contributed by atoms with Crippen LogP contribution in [0.1, 0.15) is 36.2 Å². The number of carbonyl (C=O) groups is 1. The zero-order valence-electron chi connectivity index (χ0n) is 13.6. The van der Waals surface area contributed by atoms with Crippen molar-refractivity contribution in [1.82, 2.24) is 15.2 Å². The van der Waals surface area contributed by atoms with Gasteiger partial charge in [0, 0.05) is 6.20 Å². The van der Waals surface area contributed by atoms with Gasteiger partial charge >= 0.3 is 5.97 Å². The maximum absolute atomic E-state index is 12.0. The minimum atomic E-state index is -0.323. The minimum absolute atomic E-state index is 0.0629. The number of nitrogens with one attached hydrogen (secondary N) is 1. The number of rotatable bonds is 5. The molecule has 0 spiro atoms. The van der Waals surface area contributed by atoms with Gasteiger partial charge in [0.25, 0.3) is 0 Å². The molecule has 1 aliphatic heterocycles. The lowest BCUT2D eigenvalue weighted by Gasteiger charge is -2.25. The Morgan fingerprint density at radius 2 is 2.25 bits per heavy atom. The van der Waals surface area contributed by atoms with Crippen LogP contribution in [0.25, 0.3) is 0 Å². The average Bonchev–Trinajstić information content (AvgIpc) is 3.13. The molecule has 1 aliphatic rings. The van der Waals surface area contributed by atoms with Crippen molar-refractivity contribution >= 4 is 23.3 Å². The van der Waals surface area contributed by atoms with Gasteiger partial charge in [0.1, 0.15) is 24.1 Å². The monoisotopic (exact) mass is 345 g/mol. The molecule has 1 fully saturated rings. The SMILES string of the molecule is CCOC(=O)CN1C(=S)N[C@H](c2ccccn2)[C@@H]1c1ccc(C)o1. The van der Waals surface area contributed by atoms with E-state index in [2.05, 4.69) is 10.3 Å². The number of hydrogen-bond donors (Lipinski definition) is 1. The summed E-state index contributed by atoms with van der Waals surface area (Å²) in [5, 5.41) is 3.74. The molecule has 3 heterocycles. The van der Waals surface area contributed by atoms with E-state index in [0.29, 0.717) is 11.7 Å². The van der Waals surface area contributed by atoms with Crippen molar-refractivity contribution in [2.75, 3.05) is 13.2 Å². The molecule has 24 heavy (non-hydrogen) atoms. The van der Waals surface area contributed by atoms with Gasteiger partial charge in [-0.15, -0.1) is 0 Å². The van der Waals surface area contributed by atoms with Crippen LogP contribution in [-0.2, 0) is 9.53 Å². The third kappa shape index (κ3) is 3.26. The predicted octanol–water partition coefficient (Wildman–Crippen LogP) is 2.52. The number of aromatic nitrogens is 1. The van der Waals surface area contributed by atoms with Gasteiger partial charge in [-0.25, -0.2) is 0 Å². The number of nitrogens with zero attached hydrogens (tertiary/aromatic N) is 2. The van der Waals surface area contributed by atoms with E-state index in [-0.39, 0.29) is 24.6 Å². The Morgan fingerprint density at radius 1 is 1.42 bits per heavy atom. The molecule has 0 aromatic carbocycles. The van der Waals surface area contributed by atoms with Crippen LogP contribution in [0.2, 0.25) is 0 Å². The first kappa shape index (κ1) is 16.4. The number of pyridine rings is 1. The fourth-order valence-corrected chi connectivity index (χ4v) is 3.15. The van der Waals surface area contributed by atoms with Crippen molar-refractivity contribution in [3.63, 3.8) is 0 Å². The normalized spacial score (nSPS) is 20.1. The molecule has 7 heteroatoms. The third-order valence-corrected chi connectivity index (χ3v) is 4.21. The molecule has 0 bridgehead atoms. The summed E-state index contributed by atoms with van der Waals surface area (Å²) in [7, 11) is 0. The van der Waals surface area contributed by atoms with Crippen LogP contribution in [0, 0.1) is 6.92 Å². The Labute approximate surface area is 145 Å². The van der Waals surface area contributed by atoms with Crippen LogP contribution in [0.4, 0.5) is 0 Å². The quantitative estimate of drug-likeness (QED) is 0.660. The molecule has 0 radical (unpaired) electrons. The van der Waals surface area contributed by atoms with E-state index in [1.165, 1.54) is 0 Å². The maximum atomic E-state index is 12.0. The number of ether oxygens (including phenoxy) is 1. The lowest BCUT2D eigenvalue weighted by atomic mass is 10.0. The van der Waals surface area contributed by atoms with Gasteiger partial charge < -0.3 is 19.4 Å². The molecule has 6 nitrogen and oxygen atoms in total. The van der Waals surface area contributed by atoms with Gasteiger partial charge in [-0.3, -0.25) is 9.78 Å². The Hall–Kier alpha value is -2.41. The molecule has 1 saturated heterocycles. The van der Waals surface area contributed by atoms with E-state index in [4.69, 9.17) is 21.4 Å². The molecule has 126 valence electrons. The van der Waals surface area contributed by atoms with Gasteiger partial charge in [-0.05, 0) is 50.3 Å². The van der Waals surface area contributed by atoms with Crippen LogP contribution in [0.3, 0.4) is 0 Å². The van der Waals surface area contributed by atoms with E-state index in [1.807, 2.05) is 37.3 Å².